The normalized spacial score (nSPS) is 29.3. The molecule has 26 heavy (non-hydrogen) atoms. The fourth-order valence-corrected chi connectivity index (χ4v) is 4.34. The number of hydrogen-bond donors (Lipinski definition) is 1. The molecule has 146 valence electrons. The van der Waals surface area contributed by atoms with Gasteiger partial charge in [0.15, 0.2) is 0 Å². The van der Waals surface area contributed by atoms with Gasteiger partial charge in [-0.25, -0.2) is 0 Å². The Morgan fingerprint density at radius 1 is 1.15 bits per heavy atom. The van der Waals surface area contributed by atoms with E-state index in [4.69, 9.17) is 5.73 Å². The Bertz CT molecular complexity index is 596. The highest BCUT2D eigenvalue weighted by Gasteiger charge is 2.45. The number of likely N-dealkylation sites (tertiary alicyclic amines) is 1. The lowest BCUT2D eigenvalue weighted by Gasteiger charge is -2.32. The van der Waals surface area contributed by atoms with Crippen molar-refractivity contribution < 1.29 is 18.0 Å². The van der Waals surface area contributed by atoms with Gasteiger partial charge in [-0.3, -0.25) is 4.79 Å². The summed E-state index contributed by atoms with van der Waals surface area (Å²) in [5.41, 5.74) is 7.04. The zero-order chi connectivity index (χ0) is 18.0. The molecule has 1 heterocycles. The van der Waals surface area contributed by atoms with Gasteiger partial charge in [-0.15, -0.1) is 12.4 Å². The molecule has 2 N–H and O–H groups in total. The molecule has 2 fully saturated rings. The molecule has 4 atom stereocenters. The van der Waals surface area contributed by atoms with Gasteiger partial charge in [0, 0.05) is 24.9 Å². The maximum Gasteiger partial charge on any atom is 0.391 e. The van der Waals surface area contributed by atoms with E-state index in [0.717, 1.165) is 5.56 Å². The topological polar surface area (TPSA) is 46.3 Å². The van der Waals surface area contributed by atoms with Gasteiger partial charge in [-0.05, 0) is 37.3 Å². The monoisotopic (exact) mass is 390 g/mol. The standard InChI is InChI=1S/C19H25F3N2O.ClH/c20-19(21,22)16-8-4-7-14(9-16)18(25)24-11-15(10-23)17(12-24)13-5-2-1-3-6-13;/h1-3,5-6,14-17H,4,7-12,23H2;1H/t14?,15-,16?,17+;/m1./s1. The second-order valence-electron chi connectivity index (χ2n) is 7.36. The number of hydrogen-bond acceptors (Lipinski definition) is 2. The summed E-state index contributed by atoms with van der Waals surface area (Å²) in [5, 5.41) is 0. The van der Waals surface area contributed by atoms with E-state index in [2.05, 4.69) is 0 Å². The number of benzene rings is 1. The van der Waals surface area contributed by atoms with Gasteiger partial charge >= 0.3 is 6.18 Å². The van der Waals surface area contributed by atoms with E-state index < -0.39 is 18.0 Å². The van der Waals surface area contributed by atoms with Crippen LogP contribution in [0.25, 0.3) is 0 Å². The molecule has 3 rings (SSSR count). The third-order valence-corrected chi connectivity index (χ3v) is 5.77. The first-order valence-corrected chi connectivity index (χ1v) is 9.00. The van der Waals surface area contributed by atoms with Gasteiger partial charge < -0.3 is 10.6 Å². The van der Waals surface area contributed by atoms with Gasteiger partial charge in [0.2, 0.25) is 5.91 Å². The van der Waals surface area contributed by atoms with E-state index in [-0.39, 0.29) is 43.0 Å². The molecule has 3 nitrogen and oxygen atoms in total. The minimum atomic E-state index is -4.20. The Morgan fingerprint density at radius 3 is 2.46 bits per heavy atom. The molecule has 1 aromatic carbocycles. The van der Waals surface area contributed by atoms with Crippen LogP contribution in [0.4, 0.5) is 13.2 Å². The Kier molecular flexibility index (Phi) is 6.97. The molecule has 1 aromatic rings. The molecule has 1 saturated heterocycles. The van der Waals surface area contributed by atoms with Crippen LogP contribution in [0.2, 0.25) is 0 Å². The van der Waals surface area contributed by atoms with E-state index in [0.29, 0.717) is 32.5 Å². The van der Waals surface area contributed by atoms with Crippen molar-refractivity contribution in [1.82, 2.24) is 4.90 Å². The summed E-state index contributed by atoms with van der Waals surface area (Å²) >= 11 is 0. The first kappa shape index (κ1) is 21.0. The molecule has 0 aromatic heterocycles. The van der Waals surface area contributed by atoms with Crippen LogP contribution in [0.3, 0.4) is 0 Å². The van der Waals surface area contributed by atoms with E-state index in [1.807, 2.05) is 30.3 Å². The SMILES string of the molecule is Cl.NC[C@@H]1CN(C(=O)C2CCCC(C(F)(F)F)C2)C[C@H]1c1ccccc1. The molecule has 1 aliphatic carbocycles. The summed E-state index contributed by atoms with van der Waals surface area (Å²) in [6, 6.07) is 9.92. The van der Waals surface area contributed by atoms with Gasteiger partial charge in [0.25, 0.3) is 0 Å². The fourth-order valence-electron chi connectivity index (χ4n) is 4.34. The highest BCUT2D eigenvalue weighted by molar-refractivity contribution is 5.85. The number of nitrogens with zero attached hydrogens (tertiary/aromatic N) is 1. The summed E-state index contributed by atoms with van der Waals surface area (Å²) in [7, 11) is 0. The van der Waals surface area contributed by atoms with E-state index in [1.165, 1.54) is 0 Å². The van der Waals surface area contributed by atoms with Crippen LogP contribution in [0, 0.1) is 17.8 Å². The first-order valence-electron chi connectivity index (χ1n) is 9.00. The zero-order valence-corrected chi connectivity index (χ0v) is 15.4. The zero-order valence-electron chi connectivity index (χ0n) is 14.6. The van der Waals surface area contributed by atoms with Crippen molar-refractivity contribution in [1.29, 1.82) is 0 Å². The lowest BCUT2D eigenvalue weighted by Crippen LogP contribution is -2.39. The van der Waals surface area contributed by atoms with Crippen LogP contribution < -0.4 is 5.73 Å². The van der Waals surface area contributed by atoms with Crippen LogP contribution in [0.15, 0.2) is 30.3 Å². The lowest BCUT2D eigenvalue weighted by atomic mass is 9.80. The van der Waals surface area contributed by atoms with Crippen LogP contribution in [-0.4, -0.2) is 36.6 Å². The highest BCUT2D eigenvalue weighted by atomic mass is 35.5. The smallest absolute Gasteiger partial charge is 0.341 e. The molecule has 7 heteroatoms. The van der Waals surface area contributed by atoms with Gasteiger partial charge in [-0.1, -0.05) is 36.8 Å². The molecular formula is C19H26ClF3N2O. The predicted molar refractivity (Wildman–Crippen MR) is 97.1 cm³/mol. The number of halogens is 4. The number of carbonyl (C=O) groups is 1. The van der Waals surface area contributed by atoms with Crippen LogP contribution in [0.1, 0.15) is 37.2 Å². The Labute approximate surface area is 158 Å². The van der Waals surface area contributed by atoms with Crippen molar-refractivity contribution in [3.63, 3.8) is 0 Å². The van der Waals surface area contributed by atoms with E-state index in [9.17, 15) is 18.0 Å². The van der Waals surface area contributed by atoms with Crippen molar-refractivity contribution >= 4 is 18.3 Å². The number of amides is 1. The first-order chi connectivity index (χ1) is 11.9. The van der Waals surface area contributed by atoms with Gasteiger partial charge in [-0.2, -0.15) is 13.2 Å². The molecule has 1 saturated carbocycles. The quantitative estimate of drug-likeness (QED) is 0.848. The third kappa shape index (κ3) is 4.52. The van der Waals surface area contributed by atoms with E-state index >= 15 is 0 Å². The highest BCUT2D eigenvalue weighted by Crippen LogP contribution is 2.41. The summed E-state index contributed by atoms with van der Waals surface area (Å²) in [4.78, 5) is 14.6. The summed E-state index contributed by atoms with van der Waals surface area (Å²) in [6.07, 6.45) is -3.09. The van der Waals surface area contributed by atoms with Gasteiger partial charge in [0.1, 0.15) is 0 Å². The summed E-state index contributed by atoms with van der Waals surface area (Å²) in [5.74, 6) is -1.64. The summed E-state index contributed by atoms with van der Waals surface area (Å²) in [6.45, 7) is 1.57. The summed E-state index contributed by atoms with van der Waals surface area (Å²) < 4.78 is 39.0. The molecule has 0 bridgehead atoms. The lowest BCUT2D eigenvalue weighted by molar-refractivity contribution is -0.187. The van der Waals surface area contributed by atoms with Crippen LogP contribution in [0.5, 0.6) is 0 Å². The van der Waals surface area contributed by atoms with Crippen LogP contribution >= 0.6 is 12.4 Å². The van der Waals surface area contributed by atoms with Crippen molar-refractivity contribution in [2.75, 3.05) is 19.6 Å². The fraction of sp³-hybridized carbons (Fsp3) is 0.632. The molecule has 1 amide bonds. The minimum Gasteiger partial charge on any atom is -0.341 e. The number of carbonyl (C=O) groups excluding carboxylic acids is 1. The largest absolute Gasteiger partial charge is 0.391 e. The van der Waals surface area contributed by atoms with E-state index in [1.54, 1.807) is 4.90 Å². The van der Waals surface area contributed by atoms with Crippen molar-refractivity contribution in [2.24, 2.45) is 23.5 Å². The maximum absolute atomic E-state index is 13.0. The second-order valence-corrected chi connectivity index (χ2v) is 7.36. The number of rotatable bonds is 3. The van der Waals surface area contributed by atoms with Crippen LogP contribution in [-0.2, 0) is 4.79 Å². The molecule has 0 radical (unpaired) electrons. The average Bonchev–Trinajstić information content (AvgIpc) is 3.05. The number of nitrogens with two attached hydrogens (primary N) is 1. The minimum absolute atomic E-state index is 0. The Balaban J connectivity index is 0.00000243. The molecule has 0 spiro atoms. The Morgan fingerprint density at radius 2 is 1.85 bits per heavy atom. The van der Waals surface area contributed by atoms with Crippen molar-refractivity contribution in [3.8, 4) is 0 Å². The van der Waals surface area contributed by atoms with Crippen molar-refractivity contribution in [2.45, 2.75) is 37.8 Å². The van der Waals surface area contributed by atoms with Crippen molar-refractivity contribution in [3.05, 3.63) is 35.9 Å². The Hall–Kier alpha value is -1.27. The molecule has 2 aliphatic rings. The maximum atomic E-state index is 13.0. The third-order valence-electron chi connectivity index (χ3n) is 5.77. The second kappa shape index (κ2) is 8.61. The molecular weight excluding hydrogens is 365 g/mol. The average molecular weight is 391 g/mol. The van der Waals surface area contributed by atoms with Gasteiger partial charge in [0.05, 0.1) is 5.92 Å². The predicted octanol–water partition coefficient (Wildman–Crippen LogP) is 3.98. The molecule has 2 unspecified atom stereocenters. The molecule has 1 aliphatic heterocycles. The number of alkyl halides is 3.